The Kier molecular flexibility index (Phi) is 5.96. The van der Waals surface area contributed by atoms with Gasteiger partial charge in [-0.1, -0.05) is 25.4 Å². The average molecular weight is 379 g/mol. The first-order chi connectivity index (χ1) is 12.0. The summed E-state index contributed by atoms with van der Waals surface area (Å²) in [5.41, 5.74) is 5.43. The number of halogens is 1. The molecule has 0 bridgehead atoms. The van der Waals surface area contributed by atoms with E-state index in [4.69, 9.17) is 22.1 Å². The van der Waals surface area contributed by atoms with Crippen LogP contribution >= 0.6 is 11.6 Å². The second-order valence-electron chi connectivity index (χ2n) is 7.98. The van der Waals surface area contributed by atoms with Crippen molar-refractivity contribution >= 4 is 17.7 Å². The number of primary amides is 1. The van der Waals surface area contributed by atoms with Crippen molar-refractivity contribution in [1.29, 1.82) is 0 Å². The van der Waals surface area contributed by atoms with Gasteiger partial charge in [-0.3, -0.25) is 0 Å². The van der Waals surface area contributed by atoms with Gasteiger partial charge >= 0.3 is 6.09 Å². The molecule has 2 rings (SSSR count). The molecule has 142 valence electrons. The zero-order valence-electron chi connectivity index (χ0n) is 16.0. The molecule has 0 fully saturated rings. The summed E-state index contributed by atoms with van der Waals surface area (Å²) in [5, 5.41) is 5.30. The fraction of sp³-hybridized carbons (Fsp3) is 0.526. The molecular weight excluding hydrogens is 352 g/mol. The van der Waals surface area contributed by atoms with Crippen LogP contribution in [0.15, 0.2) is 24.3 Å². The number of hydrogen-bond donors (Lipinski definition) is 1. The molecule has 2 N–H and O–H groups in total. The second-order valence-corrected chi connectivity index (χ2v) is 8.42. The van der Waals surface area contributed by atoms with E-state index in [2.05, 4.69) is 23.9 Å². The number of aryl methyl sites for hydroxylation is 2. The van der Waals surface area contributed by atoms with Crippen LogP contribution in [-0.4, -0.2) is 26.5 Å². The minimum absolute atomic E-state index is 0.0578. The van der Waals surface area contributed by atoms with E-state index in [0.717, 1.165) is 24.4 Å². The third-order valence-electron chi connectivity index (χ3n) is 4.24. The van der Waals surface area contributed by atoms with Crippen LogP contribution in [0.2, 0.25) is 5.02 Å². The topological polar surface area (TPSA) is 83.0 Å². The largest absolute Gasteiger partial charge is 0.444 e. The summed E-state index contributed by atoms with van der Waals surface area (Å²) >= 11 is 5.93. The van der Waals surface area contributed by atoms with Gasteiger partial charge in [-0.2, -0.15) is 5.10 Å². The van der Waals surface area contributed by atoms with Crippen LogP contribution < -0.4 is 5.73 Å². The van der Waals surface area contributed by atoms with Crippen LogP contribution in [0.25, 0.3) is 11.4 Å². The van der Waals surface area contributed by atoms with Crippen LogP contribution in [0.1, 0.15) is 46.4 Å². The highest BCUT2D eigenvalue weighted by molar-refractivity contribution is 6.30. The molecule has 0 aliphatic heterocycles. The number of amides is 1. The molecule has 26 heavy (non-hydrogen) atoms. The maximum absolute atomic E-state index is 11.1. The van der Waals surface area contributed by atoms with Gasteiger partial charge in [0.1, 0.15) is 11.4 Å². The monoisotopic (exact) mass is 378 g/mol. The first-order valence-corrected chi connectivity index (χ1v) is 9.01. The van der Waals surface area contributed by atoms with E-state index in [1.807, 2.05) is 49.7 Å². The summed E-state index contributed by atoms with van der Waals surface area (Å²) in [5.74, 6) is 1.55. The zero-order valence-corrected chi connectivity index (χ0v) is 16.8. The Morgan fingerprint density at radius 3 is 2.42 bits per heavy atom. The first-order valence-electron chi connectivity index (χ1n) is 8.63. The Morgan fingerprint density at radius 1 is 1.23 bits per heavy atom. The molecule has 0 radical (unpaired) electrons. The quantitative estimate of drug-likeness (QED) is 0.763. The molecule has 2 aromatic rings. The lowest BCUT2D eigenvalue weighted by molar-refractivity contribution is 0.00878. The van der Waals surface area contributed by atoms with E-state index in [9.17, 15) is 4.79 Å². The molecule has 0 saturated carbocycles. The number of carbonyl (C=O) groups is 1. The summed E-state index contributed by atoms with van der Waals surface area (Å²) < 4.78 is 7.12. The number of nitrogens with two attached hydrogens (primary N) is 1. The first kappa shape index (κ1) is 20.2. The Balaban J connectivity index is 2.04. The maximum atomic E-state index is 11.1. The maximum Gasteiger partial charge on any atom is 0.405 e. The van der Waals surface area contributed by atoms with Gasteiger partial charge in [0, 0.05) is 17.1 Å². The highest BCUT2D eigenvalue weighted by atomic mass is 35.5. The van der Waals surface area contributed by atoms with Crippen LogP contribution in [0, 0.1) is 12.3 Å². The van der Waals surface area contributed by atoms with Gasteiger partial charge in [0.15, 0.2) is 5.82 Å². The Hall–Kier alpha value is -2.08. The highest BCUT2D eigenvalue weighted by Gasteiger charge is 2.31. The number of ether oxygens (including phenoxy) is 1. The van der Waals surface area contributed by atoms with Crippen molar-refractivity contribution in [2.45, 2.75) is 59.6 Å². The van der Waals surface area contributed by atoms with Crippen LogP contribution in [0.4, 0.5) is 4.79 Å². The van der Waals surface area contributed by atoms with Gasteiger partial charge in [-0.25, -0.2) is 14.5 Å². The van der Waals surface area contributed by atoms with Crippen LogP contribution in [-0.2, 0) is 11.3 Å². The molecule has 1 heterocycles. The number of hydrogen-bond acceptors (Lipinski definition) is 4. The Bertz CT molecular complexity index is 766. The summed E-state index contributed by atoms with van der Waals surface area (Å²) in [6.45, 7) is 10.7. The molecule has 1 aromatic heterocycles. The molecule has 0 spiro atoms. The lowest BCUT2D eigenvalue weighted by Crippen LogP contribution is -2.36. The summed E-state index contributed by atoms with van der Waals surface area (Å²) in [6, 6.07) is 7.48. The lowest BCUT2D eigenvalue weighted by Gasteiger charge is -2.34. The van der Waals surface area contributed by atoms with Crippen molar-refractivity contribution in [3.63, 3.8) is 0 Å². The number of benzene rings is 1. The van der Waals surface area contributed by atoms with Gasteiger partial charge in [0.05, 0.1) is 0 Å². The third-order valence-corrected chi connectivity index (χ3v) is 4.49. The normalized spacial score (nSPS) is 12.2. The van der Waals surface area contributed by atoms with Gasteiger partial charge in [0.2, 0.25) is 0 Å². The van der Waals surface area contributed by atoms with E-state index in [1.165, 1.54) is 0 Å². The molecule has 7 heteroatoms. The molecule has 0 aliphatic carbocycles. The molecule has 1 amide bonds. The van der Waals surface area contributed by atoms with Crippen molar-refractivity contribution in [3.8, 4) is 11.4 Å². The fourth-order valence-electron chi connectivity index (χ4n) is 3.31. The van der Waals surface area contributed by atoms with E-state index in [-0.39, 0.29) is 5.41 Å². The van der Waals surface area contributed by atoms with Crippen molar-refractivity contribution < 1.29 is 9.53 Å². The lowest BCUT2D eigenvalue weighted by atomic mass is 9.79. The molecule has 6 nitrogen and oxygen atoms in total. The predicted octanol–water partition coefficient (Wildman–Crippen LogP) is 4.59. The third kappa shape index (κ3) is 5.73. The number of aromatic nitrogens is 3. The highest BCUT2D eigenvalue weighted by Crippen LogP contribution is 2.34. The number of carbonyl (C=O) groups excluding carboxylic acids is 1. The predicted molar refractivity (Wildman–Crippen MR) is 103 cm³/mol. The van der Waals surface area contributed by atoms with Crippen molar-refractivity contribution in [2.24, 2.45) is 11.1 Å². The van der Waals surface area contributed by atoms with E-state index >= 15 is 0 Å². The van der Waals surface area contributed by atoms with Crippen LogP contribution in [0.5, 0.6) is 0 Å². The Morgan fingerprint density at radius 2 is 1.85 bits per heavy atom. The van der Waals surface area contributed by atoms with Crippen molar-refractivity contribution in [1.82, 2.24) is 14.8 Å². The van der Waals surface area contributed by atoms with Crippen molar-refractivity contribution in [2.75, 3.05) is 0 Å². The van der Waals surface area contributed by atoms with Crippen molar-refractivity contribution in [3.05, 3.63) is 35.1 Å². The van der Waals surface area contributed by atoms with E-state index < -0.39 is 11.7 Å². The van der Waals surface area contributed by atoms with Gasteiger partial charge in [-0.15, -0.1) is 0 Å². The molecule has 1 aromatic carbocycles. The average Bonchev–Trinajstić information content (AvgIpc) is 2.84. The molecule has 0 saturated heterocycles. The molecule has 0 aliphatic rings. The SMILES string of the molecule is Cc1nc(-c2ccc(Cl)cc2)nn1CCC(C)(C)CC(C)(C)OC(N)=O. The summed E-state index contributed by atoms with van der Waals surface area (Å²) in [7, 11) is 0. The minimum atomic E-state index is -0.745. The Labute approximate surface area is 159 Å². The van der Waals surface area contributed by atoms with Gasteiger partial charge in [-0.05, 0) is 63.3 Å². The van der Waals surface area contributed by atoms with Gasteiger partial charge < -0.3 is 10.5 Å². The molecular formula is C19H27ClN4O2. The standard InChI is InChI=1S/C19H27ClN4O2/c1-13-22-16(14-6-8-15(20)9-7-14)23-24(13)11-10-18(2,3)12-19(4,5)26-17(21)25/h6-9H,10-12H2,1-5H3,(H2,21,25). The second kappa shape index (κ2) is 7.66. The van der Waals surface area contributed by atoms with Crippen LogP contribution in [0.3, 0.4) is 0 Å². The van der Waals surface area contributed by atoms with E-state index in [1.54, 1.807) is 0 Å². The smallest absolute Gasteiger partial charge is 0.405 e. The number of nitrogens with zero attached hydrogens (tertiary/aromatic N) is 3. The van der Waals surface area contributed by atoms with Gasteiger partial charge in [0.25, 0.3) is 0 Å². The summed E-state index contributed by atoms with van der Waals surface area (Å²) in [4.78, 5) is 15.6. The molecule has 0 unspecified atom stereocenters. The zero-order chi connectivity index (χ0) is 19.5. The fourth-order valence-corrected chi connectivity index (χ4v) is 3.44. The van der Waals surface area contributed by atoms with E-state index in [0.29, 0.717) is 17.3 Å². The summed E-state index contributed by atoms with van der Waals surface area (Å²) in [6.07, 6.45) is 0.814. The number of rotatable bonds is 7. The molecule has 0 atom stereocenters. The minimum Gasteiger partial charge on any atom is -0.444 e.